The minimum atomic E-state index is -2.99. The van der Waals surface area contributed by atoms with Crippen LogP contribution >= 0.6 is 0 Å². The molecule has 3 heteroatoms. The van der Waals surface area contributed by atoms with Crippen LogP contribution in [0.3, 0.4) is 0 Å². The van der Waals surface area contributed by atoms with Crippen LogP contribution in [0.5, 0.6) is 11.5 Å². The van der Waals surface area contributed by atoms with Gasteiger partial charge < -0.3 is 9.84 Å². The van der Waals surface area contributed by atoms with E-state index in [0.29, 0.717) is 0 Å². The summed E-state index contributed by atoms with van der Waals surface area (Å²) in [7, 11) is -2.99. The van der Waals surface area contributed by atoms with Crippen LogP contribution in [-0.2, 0) is 0 Å². The van der Waals surface area contributed by atoms with Crippen LogP contribution in [0.2, 0.25) is 0 Å². The maximum Gasteiger partial charge on any atom is 0.143 e. The summed E-state index contributed by atoms with van der Waals surface area (Å²) in [6.45, 7) is -2.86. The molecule has 0 aliphatic carbocycles. The first-order valence-corrected chi connectivity index (χ1v) is 2.33. The third-order valence-corrected chi connectivity index (χ3v) is 0.823. The van der Waals surface area contributed by atoms with Gasteiger partial charge in [0.2, 0.25) is 0 Å². The average molecular weight is 147 g/mol. The van der Waals surface area contributed by atoms with Gasteiger partial charge in [-0.25, -0.2) is 0 Å². The van der Waals surface area contributed by atoms with E-state index in [-0.39, 0.29) is 0 Å². The molecule has 0 unspecified atom stereocenters. The van der Waals surface area contributed by atoms with Crippen molar-refractivity contribution < 1.29 is 20.8 Å². The highest BCUT2D eigenvalue weighted by Crippen LogP contribution is 2.19. The summed E-state index contributed by atoms with van der Waals surface area (Å²) in [5.41, 5.74) is -0.841. The molecule has 10 heavy (non-hydrogen) atoms. The van der Waals surface area contributed by atoms with E-state index in [1.807, 2.05) is 0 Å². The van der Waals surface area contributed by atoms with E-state index in [2.05, 4.69) is 9.72 Å². The normalized spacial score (nSPS) is 23.6. The maximum atomic E-state index is 9.29. The van der Waals surface area contributed by atoms with Crippen LogP contribution in [0.25, 0.3) is 0 Å². The number of hydrogen-bond donors (Lipinski definition) is 1. The van der Waals surface area contributed by atoms with Crippen LogP contribution < -0.4 is 4.74 Å². The Kier molecular flexibility index (Phi) is 0.479. The molecular formula is C7H9NO2. The highest BCUT2D eigenvalue weighted by Gasteiger charge is 1.98. The fourth-order valence-corrected chi connectivity index (χ4v) is 0.428. The van der Waals surface area contributed by atoms with E-state index in [9.17, 15) is 5.11 Å². The third kappa shape index (κ3) is 1.18. The lowest BCUT2D eigenvalue weighted by molar-refractivity contribution is 0.401. The summed E-state index contributed by atoms with van der Waals surface area (Å²) in [4.78, 5) is 3.25. The fourth-order valence-electron chi connectivity index (χ4n) is 0.428. The second-order valence-electron chi connectivity index (χ2n) is 1.48. The number of methoxy groups -OCH3 is 1. The first-order chi connectivity index (χ1) is 7.93. The standard InChI is InChI=1S/C7H9NO2/c1-5-7(10-2)3-6(9)4-8-5/h3-4,9H,1-2H3/i1D3,2D3,3D,4D. The second kappa shape index (κ2) is 2.56. The number of hydrogen-bond acceptors (Lipinski definition) is 3. The largest absolute Gasteiger partial charge is 0.506 e. The van der Waals surface area contributed by atoms with Gasteiger partial charge in [0.25, 0.3) is 0 Å². The lowest BCUT2D eigenvalue weighted by atomic mass is 10.3. The number of ether oxygens (including phenoxy) is 1. The highest BCUT2D eigenvalue weighted by atomic mass is 16.5. The molecule has 0 fully saturated rings. The monoisotopic (exact) mass is 147 g/mol. The maximum absolute atomic E-state index is 9.29. The van der Waals surface area contributed by atoms with Crippen molar-refractivity contribution in [1.29, 1.82) is 0 Å². The summed E-state index contributed by atoms with van der Waals surface area (Å²) < 4.78 is 61.0. The topological polar surface area (TPSA) is 42.4 Å². The Hall–Kier alpha value is -1.25. The van der Waals surface area contributed by atoms with Crippen molar-refractivity contribution in [2.45, 2.75) is 6.85 Å². The quantitative estimate of drug-likeness (QED) is 0.647. The molecule has 0 saturated heterocycles. The number of nitrogens with zero attached hydrogens (tertiary/aromatic N) is 1. The van der Waals surface area contributed by atoms with Crippen LogP contribution in [0.4, 0.5) is 0 Å². The van der Waals surface area contributed by atoms with Crippen molar-refractivity contribution in [1.82, 2.24) is 4.98 Å². The van der Waals surface area contributed by atoms with Gasteiger partial charge in [-0.15, -0.1) is 0 Å². The summed E-state index contributed by atoms with van der Waals surface area (Å²) in [6, 6.07) is -0.891. The summed E-state index contributed by atoms with van der Waals surface area (Å²) >= 11 is 0. The van der Waals surface area contributed by atoms with Crippen molar-refractivity contribution in [2.24, 2.45) is 0 Å². The number of aryl methyl sites for hydroxylation is 1. The number of pyridine rings is 1. The molecule has 0 aliphatic heterocycles. The van der Waals surface area contributed by atoms with Gasteiger partial charge in [0.05, 0.1) is 25.8 Å². The number of rotatable bonds is 1. The molecule has 1 aromatic rings. The van der Waals surface area contributed by atoms with E-state index in [1.54, 1.807) is 0 Å². The Morgan fingerprint density at radius 3 is 3.50 bits per heavy atom. The van der Waals surface area contributed by atoms with Gasteiger partial charge in [0, 0.05) is 10.2 Å². The summed E-state index contributed by atoms with van der Waals surface area (Å²) in [5.74, 6) is -1.81. The first kappa shape index (κ1) is 1.87. The molecule has 1 heterocycles. The molecule has 0 aliphatic rings. The molecule has 54 valence electrons. The van der Waals surface area contributed by atoms with Crippen molar-refractivity contribution in [2.75, 3.05) is 7.04 Å². The fraction of sp³-hybridized carbons (Fsp3) is 0.286. The molecule has 3 nitrogen and oxygen atoms in total. The molecule has 1 N–H and O–H groups in total. The molecular weight excluding hydrogens is 130 g/mol. The van der Waals surface area contributed by atoms with Crippen LogP contribution in [-0.4, -0.2) is 17.1 Å². The molecule has 0 radical (unpaired) electrons. The Bertz CT molecular complexity index is 466. The predicted molar refractivity (Wildman–Crippen MR) is 37.2 cm³/mol. The smallest absolute Gasteiger partial charge is 0.143 e. The Morgan fingerprint density at radius 1 is 1.90 bits per heavy atom. The van der Waals surface area contributed by atoms with Gasteiger partial charge in [-0.1, -0.05) is 0 Å². The van der Waals surface area contributed by atoms with Gasteiger partial charge in [0.15, 0.2) is 0 Å². The molecule has 0 bridgehead atoms. The van der Waals surface area contributed by atoms with Gasteiger partial charge in [0.1, 0.15) is 11.5 Å². The lowest BCUT2D eigenvalue weighted by Gasteiger charge is -2.01. The minimum absolute atomic E-state index is 0.830. The molecule has 1 rings (SSSR count). The molecule has 1 aromatic heterocycles. The van der Waals surface area contributed by atoms with Crippen LogP contribution in [0.15, 0.2) is 12.2 Å². The molecule has 0 amide bonds. The van der Waals surface area contributed by atoms with Crippen molar-refractivity contribution in [3.8, 4) is 11.5 Å². The Labute approximate surface area is 70.5 Å². The number of aromatic hydroxyl groups is 1. The average Bonchev–Trinajstić information content (AvgIpc) is 2.15. The summed E-state index contributed by atoms with van der Waals surface area (Å²) in [6.07, 6.45) is -0.830. The highest BCUT2D eigenvalue weighted by molar-refractivity contribution is 5.32. The van der Waals surface area contributed by atoms with E-state index in [1.165, 1.54) is 0 Å². The van der Waals surface area contributed by atoms with Gasteiger partial charge in [-0.2, -0.15) is 0 Å². The van der Waals surface area contributed by atoms with E-state index >= 15 is 0 Å². The van der Waals surface area contributed by atoms with E-state index < -0.39 is 43.3 Å². The molecule has 0 spiro atoms. The zero-order valence-electron chi connectivity index (χ0n) is 12.8. The van der Waals surface area contributed by atoms with Crippen molar-refractivity contribution in [3.05, 3.63) is 17.9 Å². The predicted octanol–water partition coefficient (Wildman–Crippen LogP) is 1.10. The van der Waals surface area contributed by atoms with Crippen LogP contribution in [0, 0.1) is 6.85 Å². The van der Waals surface area contributed by atoms with E-state index in [4.69, 9.17) is 11.0 Å². The molecule has 0 aromatic carbocycles. The van der Waals surface area contributed by atoms with Gasteiger partial charge >= 0.3 is 0 Å². The van der Waals surface area contributed by atoms with Gasteiger partial charge in [-0.05, 0) is 6.85 Å². The van der Waals surface area contributed by atoms with Gasteiger partial charge in [-0.3, -0.25) is 4.98 Å². The molecule has 0 atom stereocenters. The first-order valence-electron chi connectivity index (χ1n) is 6.33. The van der Waals surface area contributed by atoms with E-state index in [0.717, 1.165) is 0 Å². The Morgan fingerprint density at radius 2 is 2.80 bits per heavy atom. The third-order valence-electron chi connectivity index (χ3n) is 0.823. The number of aromatic nitrogens is 1. The minimum Gasteiger partial charge on any atom is -0.506 e. The van der Waals surface area contributed by atoms with Crippen molar-refractivity contribution in [3.63, 3.8) is 0 Å². The second-order valence-corrected chi connectivity index (χ2v) is 1.48. The lowest BCUT2D eigenvalue weighted by Crippen LogP contribution is -1.88. The Balaban J connectivity index is 3.50. The van der Waals surface area contributed by atoms with Crippen molar-refractivity contribution >= 4 is 0 Å². The SMILES string of the molecule is [2H]c1nc(C([2H])([2H])[2H])c(OC([2H])([2H])[2H])c([2H])c1O. The molecule has 0 saturated carbocycles. The zero-order chi connectivity index (χ0) is 14.3. The zero-order valence-corrected chi connectivity index (χ0v) is 4.80. The summed E-state index contributed by atoms with van der Waals surface area (Å²) in [5, 5.41) is 9.29. The van der Waals surface area contributed by atoms with Crippen LogP contribution in [0.1, 0.15) is 16.7 Å².